The van der Waals surface area contributed by atoms with E-state index < -0.39 is 5.97 Å². The van der Waals surface area contributed by atoms with Gasteiger partial charge in [-0.25, -0.2) is 9.78 Å². The molecule has 7 heteroatoms. The monoisotopic (exact) mass is 298 g/mol. The van der Waals surface area contributed by atoms with E-state index in [2.05, 4.69) is 9.97 Å². The second-order valence-corrected chi connectivity index (χ2v) is 4.94. The molecule has 0 saturated heterocycles. The third-order valence-electron chi connectivity index (χ3n) is 3.51. The predicted molar refractivity (Wildman–Crippen MR) is 81.9 cm³/mol. The normalized spacial score (nSPS) is 10.9. The summed E-state index contributed by atoms with van der Waals surface area (Å²) < 4.78 is 1.45. The van der Waals surface area contributed by atoms with Crippen molar-refractivity contribution in [3.05, 3.63) is 58.1 Å². The molecule has 0 aliphatic rings. The first kappa shape index (κ1) is 13.9. The maximum Gasteiger partial charge on any atom is 0.335 e. The fourth-order valence-electron chi connectivity index (χ4n) is 2.41. The van der Waals surface area contributed by atoms with Gasteiger partial charge in [0.05, 0.1) is 17.3 Å². The summed E-state index contributed by atoms with van der Waals surface area (Å²) in [6.45, 7) is 0.344. The Hall–Kier alpha value is -3.09. The number of nitrogens with zero attached hydrogens (tertiary/aromatic N) is 2. The molecule has 4 N–H and O–H groups in total. The number of hydrogen-bond donors (Lipinski definition) is 3. The largest absolute Gasteiger partial charge is 0.478 e. The Balaban J connectivity index is 1.90. The molecule has 0 unspecified atom stereocenters. The lowest BCUT2D eigenvalue weighted by Gasteiger charge is -2.07. The van der Waals surface area contributed by atoms with Gasteiger partial charge in [-0.3, -0.25) is 9.36 Å². The molecule has 112 valence electrons. The van der Waals surface area contributed by atoms with Crippen LogP contribution in [0.5, 0.6) is 0 Å². The van der Waals surface area contributed by atoms with Crippen molar-refractivity contribution in [3.63, 3.8) is 0 Å². The molecule has 7 nitrogen and oxygen atoms in total. The molecule has 0 aliphatic heterocycles. The van der Waals surface area contributed by atoms with Crippen molar-refractivity contribution in [2.24, 2.45) is 0 Å². The van der Waals surface area contributed by atoms with Gasteiger partial charge in [-0.15, -0.1) is 0 Å². The summed E-state index contributed by atoms with van der Waals surface area (Å²) in [6, 6.07) is 8.30. The number of aromatic carboxylic acids is 1. The highest BCUT2D eigenvalue weighted by molar-refractivity contribution is 5.89. The Kier molecular flexibility index (Phi) is 3.38. The number of aromatic nitrogens is 3. The summed E-state index contributed by atoms with van der Waals surface area (Å²) in [4.78, 5) is 30.4. The Morgan fingerprint density at radius 2 is 2.14 bits per heavy atom. The van der Waals surface area contributed by atoms with Gasteiger partial charge in [0.25, 0.3) is 5.56 Å². The van der Waals surface area contributed by atoms with E-state index in [9.17, 15) is 9.59 Å². The quantitative estimate of drug-likeness (QED) is 0.670. The zero-order valence-electron chi connectivity index (χ0n) is 11.6. The summed E-state index contributed by atoms with van der Waals surface area (Å²) in [5, 5.41) is 9.59. The minimum atomic E-state index is -0.977. The molecule has 0 spiro atoms. The molecule has 1 aromatic carbocycles. The molecule has 3 rings (SSSR count). The fraction of sp³-hybridized carbons (Fsp3) is 0.133. The molecule has 0 bridgehead atoms. The van der Waals surface area contributed by atoms with Crippen LogP contribution < -0.4 is 11.3 Å². The first-order valence-electron chi connectivity index (χ1n) is 6.71. The van der Waals surface area contributed by atoms with Crippen LogP contribution in [-0.2, 0) is 13.0 Å². The van der Waals surface area contributed by atoms with Gasteiger partial charge in [-0.1, -0.05) is 18.2 Å². The number of fused-ring (bicyclic) bond motifs is 1. The standard InChI is InChI=1S/C15H14N4O3/c16-12-7-11-13(18-12)17-8-19(14(11)20)6-5-9-3-1-2-4-10(9)15(21)22/h1-4,7-8,18H,5-6,16H2,(H,21,22). The van der Waals surface area contributed by atoms with E-state index in [0.29, 0.717) is 35.4 Å². The zero-order valence-corrected chi connectivity index (χ0v) is 11.6. The zero-order chi connectivity index (χ0) is 15.7. The number of nitrogens with two attached hydrogens (primary N) is 1. The minimum absolute atomic E-state index is 0.203. The number of aromatic amines is 1. The van der Waals surface area contributed by atoms with Crippen LogP contribution in [0.1, 0.15) is 15.9 Å². The number of aryl methyl sites for hydroxylation is 2. The molecule has 2 heterocycles. The van der Waals surface area contributed by atoms with Gasteiger partial charge in [0.1, 0.15) is 11.5 Å². The average Bonchev–Trinajstić information content (AvgIpc) is 2.88. The Morgan fingerprint density at radius 1 is 1.36 bits per heavy atom. The molecule has 0 amide bonds. The van der Waals surface area contributed by atoms with Crippen LogP contribution in [0.25, 0.3) is 11.0 Å². The van der Waals surface area contributed by atoms with Gasteiger partial charge >= 0.3 is 5.97 Å². The maximum atomic E-state index is 12.3. The number of H-pyrrole nitrogens is 1. The first-order valence-corrected chi connectivity index (χ1v) is 6.71. The molecule has 0 aliphatic carbocycles. The van der Waals surface area contributed by atoms with Crippen molar-refractivity contribution >= 4 is 22.8 Å². The summed E-state index contributed by atoms with van der Waals surface area (Å²) in [5.41, 5.74) is 6.79. The van der Waals surface area contributed by atoms with Crippen LogP contribution in [0.2, 0.25) is 0 Å². The third-order valence-corrected chi connectivity index (χ3v) is 3.51. The number of carboxylic acids is 1. The van der Waals surface area contributed by atoms with Crippen molar-refractivity contribution in [1.29, 1.82) is 0 Å². The van der Waals surface area contributed by atoms with Gasteiger partial charge < -0.3 is 15.8 Å². The van der Waals surface area contributed by atoms with Crippen molar-refractivity contribution in [2.45, 2.75) is 13.0 Å². The number of carboxylic acid groups (broad SMARTS) is 1. The van der Waals surface area contributed by atoms with Gasteiger partial charge in [-0.2, -0.15) is 0 Å². The topological polar surface area (TPSA) is 114 Å². The molecular weight excluding hydrogens is 284 g/mol. The van der Waals surface area contributed by atoms with Crippen molar-refractivity contribution in [2.75, 3.05) is 5.73 Å². The van der Waals surface area contributed by atoms with Crippen LogP contribution in [0.3, 0.4) is 0 Å². The van der Waals surface area contributed by atoms with E-state index in [1.807, 2.05) is 0 Å². The minimum Gasteiger partial charge on any atom is -0.478 e. The summed E-state index contributed by atoms with van der Waals surface area (Å²) in [7, 11) is 0. The summed E-state index contributed by atoms with van der Waals surface area (Å²) >= 11 is 0. The maximum absolute atomic E-state index is 12.3. The first-order chi connectivity index (χ1) is 10.6. The highest BCUT2D eigenvalue weighted by Crippen LogP contribution is 2.12. The number of nitrogen functional groups attached to an aromatic ring is 1. The summed E-state index contributed by atoms with van der Waals surface area (Å²) in [6.07, 6.45) is 1.86. The predicted octanol–water partition coefficient (Wildman–Crippen LogP) is 1.25. The van der Waals surface area contributed by atoms with Crippen LogP contribution >= 0.6 is 0 Å². The molecule has 22 heavy (non-hydrogen) atoms. The van der Waals surface area contributed by atoms with E-state index in [0.717, 1.165) is 0 Å². The van der Waals surface area contributed by atoms with E-state index >= 15 is 0 Å². The van der Waals surface area contributed by atoms with Crippen molar-refractivity contribution in [1.82, 2.24) is 14.5 Å². The smallest absolute Gasteiger partial charge is 0.335 e. The van der Waals surface area contributed by atoms with E-state index in [1.54, 1.807) is 30.3 Å². The molecule has 2 aromatic heterocycles. The van der Waals surface area contributed by atoms with E-state index in [-0.39, 0.29) is 11.1 Å². The lowest BCUT2D eigenvalue weighted by atomic mass is 10.0. The number of hydrogen-bond acceptors (Lipinski definition) is 4. The molecule has 3 aromatic rings. The highest BCUT2D eigenvalue weighted by atomic mass is 16.4. The average molecular weight is 298 g/mol. The van der Waals surface area contributed by atoms with Crippen LogP contribution in [-0.4, -0.2) is 25.6 Å². The lowest BCUT2D eigenvalue weighted by Crippen LogP contribution is -2.21. The third kappa shape index (κ3) is 2.44. The number of anilines is 1. The van der Waals surface area contributed by atoms with Crippen molar-refractivity contribution < 1.29 is 9.90 Å². The Labute approximate surface area is 125 Å². The van der Waals surface area contributed by atoms with Crippen LogP contribution in [0.15, 0.2) is 41.5 Å². The second-order valence-electron chi connectivity index (χ2n) is 4.94. The summed E-state index contributed by atoms with van der Waals surface area (Å²) in [5.74, 6) is -0.594. The Bertz CT molecular complexity index is 911. The van der Waals surface area contributed by atoms with Crippen LogP contribution in [0, 0.1) is 0 Å². The fourth-order valence-corrected chi connectivity index (χ4v) is 2.41. The molecule has 0 atom stereocenters. The van der Waals surface area contributed by atoms with E-state index in [1.165, 1.54) is 10.9 Å². The molecule has 0 fully saturated rings. The van der Waals surface area contributed by atoms with Crippen LogP contribution in [0.4, 0.5) is 5.82 Å². The van der Waals surface area contributed by atoms with Gasteiger partial charge in [-0.05, 0) is 24.1 Å². The number of carbonyl (C=O) groups is 1. The van der Waals surface area contributed by atoms with Gasteiger partial charge in [0.2, 0.25) is 0 Å². The SMILES string of the molecule is Nc1cc2c(=O)n(CCc3ccccc3C(=O)O)cnc2[nH]1. The number of rotatable bonds is 4. The highest BCUT2D eigenvalue weighted by Gasteiger charge is 2.10. The Morgan fingerprint density at radius 3 is 2.91 bits per heavy atom. The second kappa shape index (κ2) is 5.36. The number of benzene rings is 1. The van der Waals surface area contributed by atoms with Gasteiger partial charge in [0, 0.05) is 6.54 Å². The van der Waals surface area contributed by atoms with Crippen molar-refractivity contribution in [3.8, 4) is 0 Å². The molecule has 0 radical (unpaired) electrons. The van der Waals surface area contributed by atoms with Gasteiger partial charge in [0.15, 0.2) is 0 Å². The molecule has 0 saturated carbocycles. The molecular formula is C15H14N4O3. The lowest BCUT2D eigenvalue weighted by molar-refractivity contribution is 0.0695. The van der Waals surface area contributed by atoms with E-state index in [4.69, 9.17) is 10.8 Å². The number of nitrogens with one attached hydrogen (secondary N) is 1.